The first-order valence-electron chi connectivity index (χ1n) is 4.42. The third-order valence-electron chi connectivity index (χ3n) is 1.68. The zero-order valence-corrected chi connectivity index (χ0v) is 10.1. The SMILES string of the molecule is CCCC(C)OC(CC)O[SiH3]. The maximum absolute atomic E-state index is 5.60. The Labute approximate surface area is 72.8 Å². The average molecular weight is 176 g/mol. The smallest absolute Gasteiger partial charge is 0.149 e. The highest BCUT2D eigenvalue weighted by Gasteiger charge is 2.08. The van der Waals surface area contributed by atoms with Crippen molar-refractivity contribution in [1.29, 1.82) is 0 Å². The van der Waals surface area contributed by atoms with Crippen molar-refractivity contribution in [1.82, 2.24) is 0 Å². The molecule has 0 aromatic rings. The molecule has 0 aliphatic heterocycles. The second kappa shape index (κ2) is 6.82. The minimum atomic E-state index is 0.0446. The molecule has 0 saturated carbocycles. The molecule has 3 heteroatoms. The molecule has 11 heavy (non-hydrogen) atoms. The zero-order chi connectivity index (χ0) is 8.69. The van der Waals surface area contributed by atoms with E-state index in [1.54, 1.807) is 0 Å². The van der Waals surface area contributed by atoms with Gasteiger partial charge >= 0.3 is 0 Å². The highest BCUT2D eigenvalue weighted by Crippen LogP contribution is 2.07. The van der Waals surface area contributed by atoms with Gasteiger partial charge in [0.1, 0.15) is 16.8 Å². The van der Waals surface area contributed by atoms with Gasteiger partial charge in [-0.1, -0.05) is 20.3 Å². The summed E-state index contributed by atoms with van der Waals surface area (Å²) in [5, 5.41) is 0. The summed E-state index contributed by atoms with van der Waals surface area (Å²) in [6, 6.07) is 0. The summed E-state index contributed by atoms with van der Waals surface area (Å²) in [5.74, 6) is 0. The molecule has 0 aliphatic carbocycles. The quantitative estimate of drug-likeness (QED) is 0.447. The van der Waals surface area contributed by atoms with Crippen molar-refractivity contribution < 1.29 is 9.16 Å². The van der Waals surface area contributed by atoms with Gasteiger partial charge in [0.2, 0.25) is 0 Å². The normalized spacial score (nSPS) is 16.6. The highest BCUT2D eigenvalue weighted by atomic mass is 28.2. The number of rotatable bonds is 6. The van der Waals surface area contributed by atoms with Gasteiger partial charge in [-0.25, -0.2) is 0 Å². The van der Waals surface area contributed by atoms with Gasteiger partial charge in [-0.2, -0.15) is 0 Å². The summed E-state index contributed by atoms with van der Waals surface area (Å²) < 4.78 is 10.8. The van der Waals surface area contributed by atoms with Crippen molar-refractivity contribution in [3.8, 4) is 0 Å². The highest BCUT2D eigenvalue weighted by molar-refractivity contribution is 5.98. The number of ether oxygens (including phenoxy) is 1. The maximum atomic E-state index is 5.60. The van der Waals surface area contributed by atoms with Crippen LogP contribution < -0.4 is 0 Å². The van der Waals surface area contributed by atoms with Gasteiger partial charge in [-0.15, -0.1) is 0 Å². The molecule has 2 nitrogen and oxygen atoms in total. The number of hydrogen-bond acceptors (Lipinski definition) is 2. The lowest BCUT2D eigenvalue weighted by molar-refractivity contribution is -0.114. The minimum Gasteiger partial charge on any atom is -0.404 e. The first-order chi connectivity index (χ1) is 5.24. The zero-order valence-electron chi connectivity index (χ0n) is 8.09. The first kappa shape index (κ1) is 11.1. The summed E-state index contributed by atoms with van der Waals surface area (Å²) in [7, 11) is 0.766. The van der Waals surface area contributed by atoms with E-state index in [1.165, 1.54) is 6.42 Å². The number of hydrogen-bond donors (Lipinski definition) is 0. The van der Waals surface area contributed by atoms with E-state index in [4.69, 9.17) is 9.16 Å². The Bertz CT molecular complexity index is 84.2. The molecule has 0 rings (SSSR count). The van der Waals surface area contributed by atoms with E-state index in [0.717, 1.165) is 23.3 Å². The molecule has 0 amide bonds. The van der Waals surface area contributed by atoms with Crippen LogP contribution in [0.4, 0.5) is 0 Å². The molecule has 0 spiro atoms. The Kier molecular flexibility index (Phi) is 6.91. The molecule has 2 atom stereocenters. The summed E-state index contributed by atoms with van der Waals surface area (Å²) in [6.45, 7) is 6.36. The molecule has 68 valence electrons. The molecule has 0 heterocycles. The van der Waals surface area contributed by atoms with E-state index in [2.05, 4.69) is 20.8 Å². The van der Waals surface area contributed by atoms with Crippen LogP contribution in [-0.2, 0) is 9.16 Å². The van der Waals surface area contributed by atoms with E-state index in [9.17, 15) is 0 Å². The molecule has 0 radical (unpaired) electrons. The first-order valence-corrected chi connectivity index (χ1v) is 5.24. The topological polar surface area (TPSA) is 18.5 Å². The van der Waals surface area contributed by atoms with Crippen LogP contribution in [0.25, 0.3) is 0 Å². The maximum Gasteiger partial charge on any atom is 0.149 e. The summed E-state index contributed by atoms with van der Waals surface area (Å²) in [4.78, 5) is 0. The van der Waals surface area contributed by atoms with Crippen molar-refractivity contribution in [2.24, 2.45) is 0 Å². The molecule has 2 unspecified atom stereocenters. The van der Waals surface area contributed by atoms with Crippen LogP contribution in [0.15, 0.2) is 0 Å². The third-order valence-corrected chi connectivity index (χ3v) is 2.20. The van der Waals surface area contributed by atoms with Crippen LogP contribution in [0.2, 0.25) is 0 Å². The van der Waals surface area contributed by atoms with Crippen LogP contribution in [0, 0.1) is 0 Å². The lowest BCUT2D eigenvalue weighted by Gasteiger charge is -2.19. The van der Waals surface area contributed by atoms with Gasteiger partial charge in [-0.3, -0.25) is 0 Å². The van der Waals surface area contributed by atoms with Crippen molar-refractivity contribution in [3.05, 3.63) is 0 Å². The Morgan fingerprint density at radius 1 is 1.36 bits per heavy atom. The molecule has 0 N–H and O–H groups in total. The largest absolute Gasteiger partial charge is 0.404 e. The lowest BCUT2D eigenvalue weighted by Crippen LogP contribution is -2.21. The van der Waals surface area contributed by atoms with Crippen LogP contribution in [0.3, 0.4) is 0 Å². The van der Waals surface area contributed by atoms with Gasteiger partial charge in [0.05, 0.1) is 6.10 Å². The summed E-state index contributed by atoms with van der Waals surface area (Å²) >= 11 is 0. The Balaban J connectivity index is 3.44. The second-order valence-corrected chi connectivity index (χ2v) is 3.28. The van der Waals surface area contributed by atoms with Gasteiger partial charge < -0.3 is 9.16 Å². The fourth-order valence-electron chi connectivity index (χ4n) is 1.05. The average Bonchev–Trinajstić information content (AvgIpc) is 2.01. The Hall–Kier alpha value is 0.137. The van der Waals surface area contributed by atoms with Crippen LogP contribution in [-0.4, -0.2) is 22.9 Å². The molecule has 0 aliphatic rings. The third kappa shape index (κ3) is 5.41. The van der Waals surface area contributed by atoms with Gasteiger partial charge in [0.15, 0.2) is 0 Å². The van der Waals surface area contributed by atoms with Crippen molar-refractivity contribution >= 4 is 10.5 Å². The van der Waals surface area contributed by atoms with E-state index < -0.39 is 0 Å². The van der Waals surface area contributed by atoms with Crippen LogP contribution in [0.1, 0.15) is 40.0 Å². The summed E-state index contributed by atoms with van der Waals surface area (Å²) in [5.41, 5.74) is 0. The Morgan fingerprint density at radius 2 is 2.00 bits per heavy atom. The molecule has 0 aromatic carbocycles. The van der Waals surface area contributed by atoms with Crippen molar-refractivity contribution in [2.45, 2.75) is 52.4 Å². The Morgan fingerprint density at radius 3 is 2.36 bits per heavy atom. The van der Waals surface area contributed by atoms with E-state index >= 15 is 0 Å². The molecule has 0 saturated heterocycles. The van der Waals surface area contributed by atoms with Crippen LogP contribution in [0.5, 0.6) is 0 Å². The van der Waals surface area contributed by atoms with E-state index in [-0.39, 0.29) is 6.29 Å². The fraction of sp³-hybridized carbons (Fsp3) is 1.00. The molecule has 0 bridgehead atoms. The standard InChI is InChI=1S/C8H20O2Si/c1-4-6-7(3)9-8(5-2)10-11/h7-8H,4-6H2,1-3,11H3. The second-order valence-electron chi connectivity index (χ2n) is 2.81. The monoisotopic (exact) mass is 176 g/mol. The summed E-state index contributed by atoms with van der Waals surface area (Å²) in [6.07, 6.45) is 3.65. The van der Waals surface area contributed by atoms with Gasteiger partial charge in [0, 0.05) is 0 Å². The minimum absolute atomic E-state index is 0.0446. The van der Waals surface area contributed by atoms with E-state index in [1.807, 2.05) is 0 Å². The predicted molar refractivity (Wildman–Crippen MR) is 50.6 cm³/mol. The predicted octanol–water partition coefficient (Wildman–Crippen LogP) is 1.22. The van der Waals surface area contributed by atoms with Crippen LogP contribution >= 0.6 is 0 Å². The molecule has 0 aromatic heterocycles. The van der Waals surface area contributed by atoms with Crippen molar-refractivity contribution in [3.63, 3.8) is 0 Å². The molecular weight excluding hydrogens is 156 g/mol. The van der Waals surface area contributed by atoms with Gasteiger partial charge in [0.25, 0.3) is 0 Å². The van der Waals surface area contributed by atoms with Gasteiger partial charge in [-0.05, 0) is 19.8 Å². The molecular formula is C8H20O2Si. The van der Waals surface area contributed by atoms with E-state index in [0.29, 0.717) is 6.10 Å². The lowest BCUT2D eigenvalue weighted by atomic mass is 10.2. The fourth-order valence-corrected chi connectivity index (χ4v) is 1.50. The van der Waals surface area contributed by atoms with Crippen molar-refractivity contribution in [2.75, 3.05) is 0 Å². The molecule has 0 fully saturated rings.